The largest absolute Gasteiger partial charge is 0.368 e. The molecule has 0 spiro atoms. The first-order chi connectivity index (χ1) is 12.7. The number of hydrogen-bond donors (Lipinski definition) is 0. The Balaban J connectivity index is 1.66. The molecule has 0 amide bonds. The van der Waals surface area contributed by atoms with Crippen LogP contribution in [-0.2, 0) is 0 Å². The molecule has 1 aromatic carbocycles. The first kappa shape index (κ1) is 18.5. The van der Waals surface area contributed by atoms with E-state index >= 15 is 0 Å². The summed E-state index contributed by atoms with van der Waals surface area (Å²) in [7, 11) is 0. The minimum atomic E-state index is 0.992. The van der Waals surface area contributed by atoms with Gasteiger partial charge in [-0.05, 0) is 37.5 Å². The highest BCUT2D eigenvalue weighted by Gasteiger charge is 2.19. The van der Waals surface area contributed by atoms with E-state index in [1.807, 2.05) is 0 Å². The fourth-order valence-corrected chi connectivity index (χ4v) is 3.58. The molecule has 0 bridgehead atoms. The van der Waals surface area contributed by atoms with E-state index in [2.05, 4.69) is 75.8 Å². The van der Waals surface area contributed by atoms with Crippen LogP contribution in [0.4, 0.5) is 17.3 Å². The molecular formula is C21H31N5. The van der Waals surface area contributed by atoms with Crippen molar-refractivity contribution < 1.29 is 0 Å². The number of anilines is 3. The molecule has 0 unspecified atom stereocenters. The van der Waals surface area contributed by atoms with Gasteiger partial charge in [0.1, 0.15) is 18.0 Å². The van der Waals surface area contributed by atoms with Gasteiger partial charge in [-0.3, -0.25) is 0 Å². The lowest BCUT2D eigenvalue weighted by Crippen LogP contribution is -2.47. The second kappa shape index (κ2) is 8.88. The van der Waals surface area contributed by atoms with E-state index < -0.39 is 0 Å². The van der Waals surface area contributed by atoms with Crippen molar-refractivity contribution in [3.63, 3.8) is 0 Å². The third-order valence-corrected chi connectivity index (χ3v) is 4.92. The maximum absolute atomic E-state index is 4.55. The third kappa shape index (κ3) is 4.45. The highest BCUT2D eigenvalue weighted by Crippen LogP contribution is 2.22. The molecule has 3 rings (SSSR count). The van der Waals surface area contributed by atoms with Crippen LogP contribution in [-0.4, -0.2) is 49.2 Å². The minimum Gasteiger partial charge on any atom is -0.368 e. The predicted octanol–water partition coefficient (Wildman–Crippen LogP) is 3.74. The first-order valence-corrected chi connectivity index (χ1v) is 9.84. The zero-order valence-corrected chi connectivity index (χ0v) is 16.4. The molecule has 5 heteroatoms. The van der Waals surface area contributed by atoms with Crippen molar-refractivity contribution in [2.75, 3.05) is 54.0 Å². The van der Waals surface area contributed by atoms with Crippen LogP contribution in [0.3, 0.4) is 0 Å². The van der Waals surface area contributed by atoms with Crippen molar-refractivity contribution in [3.8, 4) is 0 Å². The Morgan fingerprint density at radius 1 is 0.923 bits per heavy atom. The van der Waals surface area contributed by atoms with E-state index in [0.717, 1.165) is 63.7 Å². The molecule has 0 atom stereocenters. The van der Waals surface area contributed by atoms with E-state index in [4.69, 9.17) is 0 Å². The SMILES string of the molecule is CCCN(CCC)c1cc(N2CCN(c3cccc(C)c3)CC2)ncn1. The molecule has 0 N–H and O–H groups in total. The van der Waals surface area contributed by atoms with Crippen molar-refractivity contribution in [1.29, 1.82) is 0 Å². The molecule has 1 aliphatic rings. The maximum Gasteiger partial charge on any atom is 0.134 e. The van der Waals surface area contributed by atoms with Crippen LogP contribution in [0.25, 0.3) is 0 Å². The summed E-state index contributed by atoms with van der Waals surface area (Å²) >= 11 is 0. The van der Waals surface area contributed by atoms with Crippen molar-refractivity contribution in [2.45, 2.75) is 33.6 Å². The van der Waals surface area contributed by atoms with E-state index in [0.29, 0.717) is 0 Å². The number of hydrogen-bond acceptors (Lipinski definition) is 5. The normalized spacial score (nSPS) is 14.6. The Kier molecular flexibility index (Phi) is 6.31. The molecule has 5 nitrogen and oxygen atoms in total. The van der Waals surface area contributed by atoms with E-state index in [-0.39, 0.29) is 0 Å². The van der Waals surface area contributed by atoms with Gasteiger partial charge in [-0.1, -0.05) is 26.0 Å². The van der Waals surface area contributed by atoms with Crippen molar-refractivity contribution >= 4 is 17.3 Å². The Hall–Kier alpha value is -2.30. The lowest BCUT2D eigenvalue weighted by atomic mass is 10.2. The molecule has 0 radical (unpaired) electrons. The minimum absolute atomic E-state index is 0.992. The molecule has 26 heavy (non-hydrogen) atoms. The fraction of sp³-hybridized carbons (Fsp3) is 0.524. The van der Waals surface area contributed by atoms with Gasteiger partial charge in [0.05, 0.1) is 0 Å². The number of rotatable bonds is 7. The highest BCUT2D eigenvalue weighted by atomic mass is 15.3. The summed E-state index contributed by atoms with van der Waals surface area (Å²) in [6.45, 7) is 12.7. The van der Waals surface area contributed by atoms with Gasteiger partial charge in [0, 0.05) is 51.0 Å². The molecular weight excluding hydrogens is 322 g/mol. The van der Waals surface area contributed by atoms with Crippen LogP contribution in [0, 0.1) is 6.92 Å². The van der Waals surface area contributed by atoms with E-state index in [1.54, 1.807) is 6.33 Å². The van der Waals surface area contributed by atoms with Crippen LogP contribution in [0.5, 0.6) is 0 Å². The van der Waals surface area contributed by atoms with Gasteiger partial charge in [0.2, 0.25) is 0 Å². The van der Waals surface area contributed by atoms with Gasteiger partial charge in [0.25, 0.3) is 0 Å². The second-order valence-electron chi connectivity index (χ2n) is 7.03. The van der Waals surface area contributed by atoms with E-state index in [9.17, 15) is 0 Å². The summed E-state index contributed by atoms with van der Waals surface area (Å²) < 4.78 is 0. The number of aryl methyl sites for hydroxylation is 1. The average Bonchev–Trinajstić information content (AvgIpc) is 2.68. The summed E-state index contributed by atoms with van der Waals surface area (Å²) in [6, 6.07) is 10.9. The van der Waals surface area contributed by atoms with Crippen molar-refractivity contribution in [3.05, 3.63) is 42.2 Å². The molecule has 140 valence electrons. The van der Waals surface area contributed by atoms with Gasteiger partial charge in [0.15, 0.2) is 0 Å². The van der Waals surface area contributed by atoms with Crippen LogP contribution in [0.1, 0.15) is 32.3 Å². The van der Waals surface area contributed by atoms with Gasteiger partial charge < -0.3 is 14.7 Å². The summed E-state index contributed by atoms with van der Waals surface area (Å²) in [4.78, 5) is 16.3. The Bertz CT molecular complexity index is 688. The topological polar surface area (TPSA) is 35.5 Å². The van der Waals surface area contributed by atoms with Gasteiger partial charge >= 0.3 is 0 Å². The second-order valence-corrected chi connectivity index (χ2v) is 7.03. The smallest absolute Gasteiger partial charge is 0.134 e. The molecule has 1 aromatic heterocycles. The van der Waals surface area contributed by atoms with Crippen LogP contribution < -0.4 is 14.7 Å². The Labute approximate surface area is 157 Å². The van der Waals surface area contributed by atoms with E-state index in [1.165, 1.54) is 11.3 Å². The van der Waals surface area contributed by atoms with Crippen molar-refractivity contribution in [2.24, 2.45) is 0 Å². The molecule has 1 aliphatic heterocycles. The monoisotopic (exact) mass is 353 g/mol. The van der Waals surface area contributed by atoms with Crippen LogP contribution >= 0.6 is 0 Å². The molecule has 2 heterocycles. The summed E-state index contributed by atoms with van der Waals surface area (Å²) in [6.07, 6.45) is 3.99. The van der Waals surface area contributed by atoms with Gasteiger partial charge in [-0.25, -0.2) is 9.97 Å². The molecule has 1 saturated heterocycles. The third-order valence-electron chi connectivity index (χ3n) is 4.92. The van der Waals surface area contributed by atoms with Crippen LogP contribution in [0.15, 0.2) is 36.7 Å². The number of aromatic nitrogens is 2. The van der Waals surface area contributed by atoms with Gasteiger partial charge in [-0.15, -0.1) is 0 Å². The molecule has 0 aliphatic carbocycles. The first-order valence-electron chi connectivity index (χ1n) is 9.84. The Morgan fingerprint density at radius 2 is 1.62 bits per heavy atom. The zero-order chi connectivity index (χ0) is 18.4. The maximum atomic E-state index is 4.55. The average molecular weight is 354 g/mol. The zero-order valence-electron chi connectivity index (χ0n) is 16.4. The number of benzene rings is 1. The standard InChI is InChI=1S/C21H31N5/c1-4-9-25(10-5-2)20-16-21(23-17-22-20)26-13-11-24(12-14-26)19-8-6-7-18(3)15-19/h6-8,15-17H,4-5,9-14H2,1-3H3. The van der Waals surface area contributed by atoms with Gasteiger partial charge in [-0.2, -0.15) is 0 Å². The lowest BCUT2D eigenvalue weighted by Gasteiger charge is -2.37. The quantitative estimate of drug-likeness (QED) is 0.758. The molecule has 2 aromatic rings. The lowest BCUT2D eigenvalue weighted by molar-refractivity contribution is 0.645. The number of piperazine rings is 1. The molecule has 1 fully saturated rings. The predicted molar refractivity (Wildman–Crippen MR) is 110 cm³/mol. The van der Waals surface area contributed by atoms with Crippen LogP contribution in [0.2, 0.25) is 0 Å². The summed E-state index contributed by atoms with van der Waals surface area (Å²) in [5.41, 5.74) is 2.64. The fourth-order valence-electron chi connectivity index (χ4n) is 3.58. The number of nitrogens with zero attached hydrogens (tertiary/aromatic N) is 5. The Morgan fingerprint density at radius 3 is 2.27 bits per heavy atom. The van der Waals surface area contributed by atoms with Crippen molar-refractivity contribution in [1.82, 2.24) is 9.97 Å². The highest BCUT2D eigenvalue weighted by molar-refractivity contribution is 5.53. The molecule has 0 saturated carbocycles. The summed E-state index contributed by atoms with van der Waals surface area (Å²) in [5, 5.41) is 0. The summed E-state index contributed by atoms with van der Waals surface area (Å²) in [5.74, 6) is 2.11.